The first-order valence-electron chi connectivity index (χ1n) is 6.19. The molecular weight excluding hydrogens is 248 g/mol. The Morgan fingerprint density at radius 3 is 2.72 bits per heavy atom. The van der Waals surface area contributed by atoms with Crippen molar-refractivity contribution < 1.29 is 8.42 Å². The van der Waals surface area contributed by atoms with Gasteiger partial charge in [-0.3, -0.25) is 0 Å². The third-order valence-electron chi connectivity index (χ3n) is 3.43. The molecule has 1 fully saturated rings. The maximum atomic E-state index is 12.2. The van der Waals surface area contributed by atoms with Crippen molar-refractivity contribution in [1.82, 2.24) is 9.29 Å². The van der Waals surface area contributed by atoms with E-state index in [1.165, 1.54) is 0 Å². The van der Waals surface area contributed by atoms with Crippen LogP contribution in [0.25, 0.3) is 10.9 Å². The number of sulfonamides is 1. The summed E-state index contributed by atoms with van der Waals surface area (Å²) in [6, 6.07) is 7.75. The summed E-state index contributed by atoms with van der Waals surface area (Å²) in [4.78, 5) is 3.11. The highest BCUT2D eigenvalue weighted by atomic mass is 32.2. The second-order valence-corrected chi connectivity index (χ2v) is 6.73. The molecular formula is C13H16N2O2S. The summed E-state index contributed by atoms with van der Waals surface area (Å²) in [6.07, 6.45) is 3.83. The molecule has 96 valence electrons. The molecule has 0 aliphatic carbocycles. The summed E-state index contributed by atoms with van der Waals surface area (Å²) >= 11 is 0. The quantitative estimate of drug-likeness (QED) is 0.923. The van der Waals surface area contributed by atoms with Gasteiger partial charge >= 0.3 is 0 Å². The van der Waals surface area contributed by atoms with Gasteiger partial charge in [0.05, 0.1) is 5.75 Å². The van der Waals surface area contributed by atoms with Crippen molar-refractivity contribution in [2.75, 3.05) is 13.1 Å². The van der Waals surface area contributed by atoms with Crippen LogP contribution in [0.4, 0.5) is 0 Å². The Bertz CT molecular complexity index is 654. The van der Waals surface area contributed by atoms with Crippen LogP contribution in [0.3, 0.4) is 0 Å². The Morgan fingerprint density at radius 2 is 1.94 bits per heavy atom. The Hall–Kier alpha value is -1.33. The molecule has 1 aromatic heterocycles. The van der Waals surface area contributed by atoms with Gasteiger partial charge in [-0.25, -0.2) is 12.7 Å². The molecule has 1 N–H and O–H groups in total. The average Bonchev–Trinajstić information content (AvgIpc) is 2.99. The van der Waals surface area contributed by atoms with Gasteiger partial charge in [-0.2, -0.15) is 0 Å². The molecule has 1 aliphatic heterocycles. The summed E-state index contributed by atoms with van der Waals surface area (Å²) < 4.78 is 26.0. The van der Waals surface area contributed by atoms with Gasteiger partial charge in [0, 0.05) is 24.8 Å². The lowest BCUT2D eigenvalue weighted by molar-refractivity contribution is 0.476. The van der Waals surface area contributed by atoms with Crippen molar-refractivity contribution >= 4 is 20.9 Å². The summed E-state index contributed by atoms with van der Waals surface area (Å²) in [5, 5.41) is 1.11. The minimum atomic E-state index is -3.15. The number of fused-ring (bicyclic) bond motifs is 1. The second-order valence-electron chi connectivity index (χ2n) is 4.76. The monoisotopic (exact) mass is 264 g/mol. The van der Waals surface area contributed by atoms with Crippen molar-refractivity contribution in [1.29, 1.82) is 0 Å². The number of rotatable bonds is 3. The maximum Gasteiger partial charge on any atom is 0.218 e. The summed E-state index contributed by atoms with van der Waals surface area (Å²) in [5.74, 6) is 0.0992. The second kappa shape index (κ2) is 4.40. The Balaban J connectivity index is 1.86. The summed E-state index contributed by atoms with van der Waals surface area (Å²) in [5.41, 5.74) is 1.83. The van der Waals surface area contributed by atoms with Gasteiger partial charge < -0.3 is 4.98 Å². The zero-order chi connectivity index (χ0) is 12.6. The topological polar surface area (TPSA) is 53.2 Å². The van der Waals surface area contributed by atoms with Gasteiger partial charge in [-0.15, -0.1) is 0 Å². The molecule has 2 heterocycles. The lowest BCUT2D eigenvalue weighted by Gasteiger charge is -2.15. The standard InChI is InChI=1S/C13H16N2O2S/c16-18(17,15-7-1-2-8-15)10-11-3-4-12-5-6-14-13(12)9-11/h3-6,9,14H,1-2,7-8,10H2. The van der Waals surface area contributed by atoms with E-state index in [1.54, 1.807) is 4.31 Å². The molecule has 1 aliphatic rings. The minimum Gasteiger partial charge on any atom is -0.361 e. The van der Waals surface area contributed by atoms with Crippen LogP contribution < -0.4 is 0 Å². The highest BCUT2D eigenvalue weighted by Crippen LogP contribution is 2.20. The highest BCUT2D eigenvalue weighted by molar-refractivity contribution is 7.88. The normalized spacial score (nSPS) is 17.6. The van der Waals surface area contributed by atoms with E-state index in [0.717, 1.165) is 29.3 Å². The molecule has 0 spiro atoms. The van der Waals surface area contributed by atoms with Crippen LogP contribution >= 0.6 is 0 Å². The van der Waals surface area contributed by atoms with Crippen LogP contribution in [0.15, 0.2) is 30.5 Å². The zero-order valence-corrected chi connectivity index (χ0v) is 10.9. The number of nitrogens with zero attached hydrogens (tertiary/aromatic N) is 1. The number of aromatic amines is 1. The van der Waals surface area contributed by atoms with Gasteiger partial charge in [0.2, 0.25) is 10.0 Å². The Morgan fingerprint density at radius 1 is 1.17 bits per heavy atom. The number of nitrogens with one attached hydrogen (secondary N) is 1. The van der Waals surface area contributed by atoms with Crippen LogP contribution in [0, 0.1) is 0 Å². The third kappa shape index (κ3) is 2.15. The number of benzene rings is 1. The van der Waals surface area contributed by atoms with Crippen molar-refractivity contribution in [3.05, 3.63) is 36.0 Å². The molecule has 4 nitrogen and oxygen atoms in total. The molecule has 0 atom stereocenters. The van der Waals surface area contributed by atoms with Crippen LogP contribution in [-0.4, -0.2) is 30.8 Å². The number of hydrogen-bond donors (Lipinski definition) is 1. The lowest BCUT2D eigenvalue weighted by Crippen LogP contribution is -2.29. The Labute approximate surface area is 107 Å². The predicted molar refractivity (Wildman–Crippen MR) is 71.7 cm³/mol. The van der Waals surface area contributed by atoms with E-state index in [-0.39, 0.29) is 5.75 Å². The highest BCUT2D eigenvalue weighted by Gasteiger charge is 2.25. The molecule has 1 saturated heterocycles. The third-order valence-corrected chi connectivity index (χ3v) is 5.28. The SMILES string of the molecule is O=S(=O)(Cc1ccc2cc[nH]c2c1)N1CCCC1. The number of aromatic nitrogens is 1. The van der Waals surface area contributed by atoms with Crippen molar-refractivity contribution in [3.63, 3.8) is 0 Å². The first-order valence-corrected chi connectivity index (χ1v) is 7.80. The molecule has 0 amide bonds. The van der Waals surface area contributed by atoms with Crippen molar-refractivity contribution in [3.8, 4) is 0 Å². The molecule has 0 unspecified atom stereocenters. The molecule has 3 rings (SSSR count). The van der Waals surface area contributed by atoms with E-state index in [0.29, 0.717) is 13.1 Å². The van der Waals surface area contributed by atoms with E-state index in [4.69, 9.17) is 0 Å². The van der Waals surface area contributed by atoms with E-state index >= 15 is 0 Å². The largest absolute Gasteiger partial charge is 0.361 e. The van der Waals surface area contributed by atoms with E-state index < -0.39 is 10.0 Å². The zero-order valence-electron chi connectivity index (χ0n) is 10.1. The van der Waals surface area contributed by atoms with Gasteiger partial charge in [-0.1, -0.05) is 12.1 Å². The van der Waals surface area contributed by atoms with Crippen molar-refractivity contribution in [2.45, 2.75) is 18.6 Å². The fourth-order valence-corrected chi connectivity index (χ4v) is 4.05. The molecule has 18 heavy (non-hydrogen) atoms. The average molecular weight is 264 g/mol. The van der Waals surface area contributed by atoms with Crippen LogP contribution in [-0.2, 0) is 15.8 Å². The van der Waals surface area contributed by atoms with Crippen LogP contribution in [0.5, 0.6) is 0 Å². The molecule has 5 heteroatoms. The summed E-state index contributed by atoms with van der Waals surface area (Å²) in [6.45, 7) is 1.35. The molecule has 0 radical (unpaired) electrons. The minimum absolute atomic E-state index is 0.0992. The lowest BCUT2D eigenvalue weighted by atomic mass is 10.2. The molecule has 1 aromatic carbocycles. The van der Waals surface area contributed by atoms with E-state index in [2.05, 4.69) is 4.98 Å². The maximum absolute atomic E-state index is 12.2. The first-order chi connectivity index (χ1) is 8.65. The van der Waals surface area contributed by atoms with E-state index in [1.807, 2.05) is 30.5 Å². The predicted octanol–water partition coefficient (Wildman–Crippen LogP) is 2.09. The first kappa shape index (κ1) is 11.7. The smallest absolute Gasteiger partial charge is 0.218 e. The van der Waals surface area contributed by atoms with Crippen molar-refractivity contribution in [2.24, 2.45) is 0 Å². The number of H-pyrrole nitrogens is 1. The van der Waals surface area contributed by atoms with Gasteiger partial charge in [0.1, 0.15) is 0 Å². The van der Waals surface area contributed by atoms with Gasteiger partial charge in [0.15, 0.2) is 0 Å². The number of hydrogen-bond acceptors (Lipinski definition) is 2. The van der Waals surface area contributed by atoms with E-state index in [9.17, 15) is 8.42 Å². The van der Waals surface area contributed by atoms with Crippen LogP contribution in [0.1, 0.15) is 18.4 Å². The fourth-order valence-electron chi connectivity index (χ4n) is 2.45. The van der Waals surface area contributed by atoms with Gasteiger partial charge in [-0.05, 0) is 35.9 Å². The van der Waals surface area contributed by atoms with Crippen LogP contribution in [0.2, 0.25) is 0 Å². The molecule has 0 bridgehead atoms. The van der Waals surface area contributed by atoms with Gasteiger partial charge in [0.25, 0.3) is 0 Å². The fraction of sp³-hybridized carbons (Fsp3) is 0.385. The molecule has 2 aromatic rings. The molecule has 0 saturated carbocycles. The Kier molecular flexibility index (Phi) is 2.87. The summed E-state index contributed by atoms with van der Waals surface area (Å²) in [7, 11) is -3.15.